The molecule has 0 atom stereocenters. The molecule has 3 heterocycles. The minimum Gasteiger partial charge on any atom is -0.457 e. The molecule has 0 spiro atoms. The molecule has 3 aromatic rings. The lowest BCUT2D eigenvalue weighted by Gasteiger charge is -2.41. The zero-order valence-corrected chi connectivity index (χ0v) is 20.8. The molecule has 2 aromatic carbocycles. The Bertz CT molecular complexity index is 1490. The Hall–Kier alpha value is -4.50. The van der Waals surface area contributed by atoms with Crippen molar-refractivity contribution in [2.24, 2.45) is 0 Å². The smallest absolute Gasteiger partial charge is 0.457 e. The maximum absolute atomic E-state index is 15.2. The van der Waals surface area contributed by atoms with Gasteiger partial charge in [-0.1, -0.05) is 0 Å². The fraction of sp³-hybridized carbons (Fsp3) is 0.240. The summed E-state index contributed by atoms with van der Waals surface area (Å²) in [5, 5.41) is 2.43. The summed E-state index contributed by atoms with van der Waals surface area (Å²) in [6.07, 6.45) is -7.58. The van der Waals surface area contributed by atoms with E-state index in [2.05, 4.69) is 19.8 Å². The topological polar surface area (TPSA) is 96.5 Å². The van der Waals surface area contributed by atoms with E-state index >= 15 is 4.39 Å². The summed E-state index contributed by atoms with van der Waals surface area (Å²) in [5.41, 5.74) is -1.12. The lowest BCUT2D eigenvalue weighted by Crippen LogP contribution is -2.57. The lowest BCUT2D eigenvalue weighted by molar-refractivity contribution is -0.461. The Morgan fingerprint density at radius 1 is 1.02 bits per heavy atom. The minimum atomic E-state index is -4.53. The van der Waals surface area contributed by atoms with Gasteiger partial charge in [-0.25, -0.2) is 13.9 Å². The van der Waals surface area contributed by atoms with Gasteiger partial charge in [-0.05, 0) is 43.4 Å². The van der Waals surface area contributed by atoms with Crippen LogP contribution in [0.1, 0.15) is 16.1 Å². The minimum absolute atomic E-state index is 0.0498. The molecule has 1 N–H and O–H groups in total. The third-order valence-electron chi connectivity index (χ3n) is 5.93. The summed E-state index contributed by atoms with van der Waals surface area (Å²) in [7, 11) is 3.05. The SMILES string of the molecule is CNC(=O)c1cc(Oc2ccc(N3CN(C)CN(c4ccc5c(c4)C(F)(F)OC(F)(F)O5)C3=O)c(F)c2)ccn1. The predicted octanol–water partition coefficient (Wildman–Crippen LogP) is 4.67. The van der Waals surface area contributed by atoms with Crippen LogP contribution in [0.4, 0.5) is 38.1 Å². The monoisotopic (exact) mass is 565 g/mol. The molecule has 1 fully saturated rings. The van der Waals surface area contributed by atoms with Gasteiger partial charge < -0.3 is 14.8 Å². The largest absolute Gasteiger partial charge is 0.540 e. The van der Waals surface area contributed by atoms with Crippen LogP contribution in [0.2, 0.25) is 0 Å². The average molecular weight is 565 g/mol. The molecular formula is C25H20F5N5O5. The van der Waals surface area contributed by atoms with E-state index in [1.807, 2.05) is 0 Å². The average Bonchev–Trinajstić information content (AvgIpc) is 2.88. The van der Waals surface area contributed by atoms with Gasteiger partial charge in [-0.3, -0.25) is 24.5 Å². The Balaban J connectivity index is 1.40. The zero-order valence-electron chi connectivity index (χ0n) is 20.8. The van der Waals surface area contributed by atoms with Crippen LogP contribution >= 0.6 is 0 Å². The van der Waals surface area contributed by atoms with Crippen molar-refractivity contribution in [3.8, 4) is 17.2 Å². The molecule has 10 nitrogen and oxygen atoms in total. The summed E-state index contributed by atoms with van der Waals surface area (Å²) in [4.78, 5) is 32.8. The molecular weight excluding hydrogens is 545 g/mol. The molecule has 210 valence electrons. The van der Waals surface area contributed by atoms with Crippen molar-refractivity contribution in [3.05, 3.63) is 71.8 Å². The van der Waals surface area contributed by atoms with Crippen molar-refractivity contribution >= 4 is 23.3 Å². The van der Waals surface area contributed by atoms with E-state index in [1.165, 1.54) is 37.5 Å². The Morgan fingerprint density at radius 2 is 1.75 bits per heavy atom. The number of pyridine rings is 1. The molecule has 15 heteroatoms. The second-order valence-electron chi connectivity index (χ2n) is 8.81. The number of aromatic nitrogens is 1. The number of anilines is 2. The number of amides is 3. The number of nitrogens with zero attached hydrogens (tertiary/aromatic N) is 4. The van der Waals surface area contributed by atoms with Gasteiger partial charge in [-0.2, -0.15) is 8.78 Å². The summed E-state index contributed by atoms with van der Waals surface area (Å²) in [6.45, 7) is -0.123. The number of halogens is 5. The maximum Gasteiger partial charge on any atom is 0.540 e. The fourth-order valence-corrected chi connectivity index (χ4v) is 4.15. The van der Waals surface area contributed by atoms with Gasteiger partial charge in [0, 0.05) is 31.1 Å². The number of urea groups is 1. The fourth-order valence-electron chi connectivity index (χ4n) is 4.15. The van der Waals surface area contributed by atoms with Gasteiger partial charge in [0.2, 0.25) is 0 Å². The molecule has 2 aliphatic rings. The molecule has 1 aromatic heterocycles. The summed E-state index contributed by atoms with van der Waals surface area (Å²) >= 11 is 0. The van der Waals surface area contributed by atoms with Crippen molar-refractivity contribution < 1.29 is 45.8 Å². The number of hydrogen-bond donors (Lipinski definition) is 1. The summed E-state index contributed by atoms with van der Waals surface area (Å²) in [6, 6.07) is 8.64. The van der Waals surface area contributed by atoms with Crippen molar-refractivity contribution in [2.45, 2.75) is 12.4 Å². The first-order chi connectivity index (χ1) is 18.9. The molecule has 0 aliphatic carbocycles. The van der Waals surface area contributed by atoms with E-state index in [4.69, 9.17) is 4.74 Å². The first kappa shape index (κ1) is 27.1. The van der Waals surface area contributed by atoms with Gasteiger partial charge in [0.1, 0.15) is 22.9 Å². The molecule has 0 saturated carbocycles. The van der Waals surface area contributed by atoms with Crippen molar-refractivity contribution in [1.29, 1.82) is 0 Å². The quantitative estimate of drug-likeness (QED) is 0.449. The van der Waals surface area contributed by atoms with E-state index in [0.29, 0.717) is 0 Å². The van der Waals surface area contributed by atoms with E-state index in [0.717, 1.165) is 34.1 Å². The highest BCUT2D eigenvalue weighted by Gasteiger charge is 2.54. The van der Waals surface area contributed by atoms with Gasteiger partial charge in [0.15, 0.2) is 5.82 Å². The second kappa shape index (κ2) is 9.91. The number of fused-ring (bicyclic) bond motifs is 1. The third kappa shape index (κ3) is 5.20. The van der Waals surface area contributed by atoms with Crippen molar-refractivity contribution in [2.75, 3.05) is 37.2 Å². The van der Waals surface area contributed by atoms with Crippen LogP contribution in [0.3, 0.4) is 0 Å². The zero-order chi connectivity index (χ0) is 28.8. The second-order valence-corrected chi connectivity index (χ2v) is 8.81. The number of hydrogen-bond acceptors (Lipinski definition) is 7. The third-order valence-corrected chi connectivity index (χ3v) is 5.93. The number of carbonyl (C=O) groups is 2. The maximum atomic E-state index is 15.2. The van der Waals surface area contributed by atoms with Crippen LogP contribution < -0.4 is 24.6 Å². The van der Waals surface area contributed by atoms with E-state index < -0.39 is 41.5 Å². The first-order valence-electron chi connectivity index (χ1n) is 11.6. The number of alkyl halides is 4. The highest BCUT2D eigenvalue weighted by atomic mass is 19.3. The highest BCUT2D eigenvalue weighted by Crippen LogP contribution is 2.47. The number of rotatable bonds is 5. The number of benzene rings is 2. The number of carbonyl (C=O) groups excluding carboxylic acids is 2. The molecule has 3 amide bonds. The van der Waals surface area contributed by atoms with Crippen LogP contribution in [0.5, 0.6) is 17.2 Å². The van der Waals surface area contributed by atoms with Crippen LogP contribution in [0.25, 0.3) is 0 Å². The predicted molar refractivity (Wildman–Crippen MR) is 129 cm³/mol. The molecule has 0 radical (unpaired) electrons. The number of nitrogens with one attached hydrogen (secondary N) is 1. The van der Waals surface area contributed by atoms with Crippen LogP contribution in [0.15, 0.2) is 54.7 Å². The van der Waals surface area contributed by atoms with Crippen LogP contribution in [-0.2, 0) is 10.8 Å². The van der Waals surface area contributed by atoms with Crippen molar-refractivity contribution in [1.82, 2.24) is 15.2 Å². The Kier molecular flexibility index (Phi) is 6.71. The Labute approximate surface area is 223 Å². The van der Waals surface area contributed by atoms with E-state index in [-0.39, 0.29) is 41.9 Å². The molecule has 2 aliphatic heterocycles. The summed E-state index contributed by atoms with van der Waals surface area (Å²) in [5.74, 6) is -1.79. The van der Waals surface area contributed by atoms with Crippen LogP contribution in [0, 0.1) is 5.82 Å². The standard InChI is InChI=1S/C25H20F5N5O5/c1-31-22(36)19-11-16(7-8-32-19)38-15-4-5-20(18(26)10-15)35-13-33(2)12-34(23(35)37)14-3-6-21-17(9-14)24(27,28)40-25(29,30)39-21/h3-11H,12-13H2,1-2H3,(H,31,36). The molecule has 1 saturated heterocycles. The van der Waals surface area contributed by atoms with Crippen LogP contribution in [-0.4, -0.2) is 55.5 Å². The highest BCUT2D eigenvalue weighted by molar-refractivity contribution is 6.04. The molecule has 5 rings (SSSR count). The lowest BCUT2D eigenvalue weighted by atomic mass is 10.1. The Morgan fingerprint density at radius 3 is 2.48 bits per heavy atom. The van der Waals surface area contributed by atoms with Gasteiger partial charge in [0.05, 0.1) is 24.6 Å². The van der Waals surface area contributed by atoms with Crippen molar-refractivity contribution in [3.63, 3.8) is 0 Å². The molecule has 0 bridgehead atoms. The summed E-state index contributed by atoms with van der Waals surface area (Å²) < 4.78 is 83.8. The molecule has 0 unspecified atom stereocenters. The van der Waals surface area contributed by atoms with Gasteiger partial charge in [-0.15, -0.1) is 8.78 Å². The molecule has 40 heavy (non-hydrogen) atoms. The van der Waals surface area contributed by atoms with Gasteiger partial charge in [0.25, 0.3) is 5.91 Å². The van der Waals surface area contributed by atoms with E-state index in [9.17, 15) is 27.2 Å². The van der Waals surface area contributed by atoms with Gasteiger partial charge >= 0.3 is 18.4 Å². The first-order valence-corrected chi connectivity index (χ1v) is 11.6. The normalized spacial score (nSPS) is 18.1. The number of ether oxygens (including phenoxy) is 3. The van der Waals surface area contributed by atoms with E-state index in [1.54, 1.807) is 11.9 Å².